The monoisotopic (exact) mass is 234 g/mol. The summed E-state index contributed by atoms with van der Waals surface area (Å²) in [7, 11) is 0. The van der Waals surface area contributed by atoms with E-state index in [9.17, 15) is 5.26 Å². The number of nitrogens with zero attached hydrogens (tertiary/aromatic N) is 2. The van der Waals surface area contributed by atoms with E-state index in [-0.39, 0.29) is 5.41 Å². The third kappa shape index (κ3) is 2.44. The summed E-state index contributed by atoms with van der Waals surface area (Å²) in [6, 6.07) is 2.57. The zero-order valence-corrected chi connectivity index (χ0v) is 10.8. The van der Waals surface area contributed by atoms with E-state index in [1.807, 2.05) is 13.1 Å². The lowest BCUT2D eigenvalue weighted by Crippen LogP contribution is -2.27. The van der Waals surface area contributed by atoms with Crippen LogP contribution in [0.1, 0.15) is 42.5 Å². The summed E-state index contributed by atoms with van der Waals surface area (Å²) in [5.74, 6) is 0.796. The van der Waals surface area contributed by atoms with Crippen LogP contribution < -0.4 is 0 Å². The average molecular weight is 234 g/mol. The molecule has 1 aromatic heterocycles. The zero-order valence-electron chi connectivity index (χ0n) is 9.99. The van der Waals surface area contributed by atoms with E-state index in [0.717, 1.165) is 30.2 Å². The second-order valence-corrected chi connectivity index (χ2v) is 6.42. The van der Waals surface area contributed by atoms with Crippen LogP contribution in [0.3, 0.4) is 0 Å². The Morgan fingerprint density at radius 2 is 2.25 bits per heavy atom. The molecule has 0 saturated heterocycles. The second-order valence-electron chi connectivity index (χ2n) is 5.10. The van der Waals surface area contributed by atoms with Gasteiger partial charge in [-0.25, -0.2) is 4.98 Å². The van der Waals surface area contributed by atoms with Crippen LogP contribution in [0.5, 0.6) is 0 Å². The van der Waals surface area contributed by atoms with Crippen LogP contribution in [0.2, 0.25) is 0 Å². The fourth-order valence-electron chi connectivity index (χ4n) is 2.46. The molecule has 86 valence electrons. The number of thiazole rings is 1. The molecule has 1 aliphatic rings. The topological polar surface area (TPSA) is 36.7 Å². The summed E-state index contributed by atoms with van der Waals surface area (Å²) >= 11 is 1.73. The highest BCUT2D eigenvalue weighted by atomic mass is 32.1. The maximum atomic E-state index is 9.43. The Balaban J connectivity index is 2.08. The van der Waals surface area contributed by atoms with Crippen molar-refractivity contribution in [1.82, 2.24) is 4.98 Å². The molecule has 3 heteroatoms. The van der Waals surface area contributed by atoms with E-state index in [0.29, 0.717) is 0 Å². The summed E-state index contributed by atoms with van der Waals surface area (Å²) in [5.41, 5.74) is -0.106. The highest BCUT2D eigenvalue weighted by Crippen LogP contribution is 2.41. The van der Waals surface area contributed by atoms with E-state index < -0.39 is 0 Å². The zero-order chi connectivity index (χ0) is 11.6. The standard InChI is InChI=1S/C13H18N2S/c1-10-3-5-13(9-14,6-4-10)7-12-8-15-11(2)16-12/h8,10H,3-7H2,1-2H3. The van der Waals surface area contributed by atoms with Gasteiger partial charge in [-0.1, -0.05) is 6.92 Å². The molecule has 0 bridgehead atoms. The number of aromatic nitrogens is 1. The molecule has 1 heterocycles. The van der Waals surface area contributed by atoms with Gasteiger partial charge in [0.2, 0.25) is 0 Å². The molecule has 1 saturated carbocycles. The number of aryl methyl sites for hydroxylation is 1. The van der Waals surface area contributed by atoms with Gasteiger partial charge in [0, 0.05) is 17.5 Å². The van der Waals surface area contributed by atoms with Crippen LogP contribution >= 0.6 is 11.3 Å². The van der Waals surface area contributed by atoms with Gasteiger partial charge in [0.15, 0.2) is 0 Å². The lowest BCUT2D eigenvalue weighted by Gasteiger charge is -2.33. The highest BCUT2D eigenvalue weighted by Gasteiger charge is 2.34. The minimum atomic E-state index is -0.106. The molecule has 0 spiro atoms. The van der Waals surface area contributed by atoms with E-state index in [2.05, 4.69) is 18.0 Å². The molecule has 1 aliphatic carbocycles. The molecule has 0 aliphatic heterocycles. The van der Waals surface area contributed by atoms with E-state index >= 15 is 0 Å². The highest BCUT2D eigenvalue weighted by molar-refractivity contribution is 7.11. The van der Waals surface area contributed by atoms with Gasteiger partial charge in [-0.2, -0.15) is 5.26 Å². The predicted molar refractivity (Wildman–Crippen MR) is 66.2 cm³/mol. The molecule has 1 aromatic rings. The molecule has 16 heavy (non-hydrogen) atoms. The molecule has 0 aromatic carbocycles. The van der Waals surface area contributed by atoms with Crippen LogP contribution in [0.25, 0.3) is 0 Å². The smallest absolute Gasteiger partial charge is 0.0896 e. The first-order chi connectivity index (χ1) is 7.63. The Hall–Kier alpha value is -0.880. The van der Waals surface area contributed by atoms with Gasteiger partial charge in [-0.15, -0.1) is 11.3 Å². The normalized spacial score (nSPS) is 29.9. The van der Waals surface area contributed by atoms with Crippen molar-refractivity contribution in [3.8, 4) is 6.07 Å². The molecule has 0 unspecified atom stereocenters. The first-order valence-corrected chi connectivity index (χ1v) is 6.78. The first kappa shape index (κ1) is 11.6. The molecule has 2 nitrogen and oxygen atoms in total. The lowest BCUT2D eigenvalue weighted by atomic mass is 9.70. The second kappa shape index (κ2) is 4.55. The largest absolute Gasteiger partial charge is 0.250 e. The van der Waals surface area contributed by atoms with Crippen molar-refractivity contribution in [2.24, 2.45) is 11.3 Å². The fraction of sp³-hybridized carbons (Fsp3) is 0.692. The quantitative estimate of drug-likeness (QED) is 0.782. The van der Waals surface area contributed by atoms with Crippen molar-refractivity contribution in [1.29, 1.82) is 5.26 Å². The van der Waals surface area contributed by atoms with Crippen LogP contribution in [0.4, 0.5) is 0 Å². The van der Waals surface area contributed by atoms with Gasteiger partial charge in [0.05, 0.1) is 16.5 Å². The molecule has 0 amide bonds. The number of rotatable bonds is 2. The van der Waals surface area contributed by atoms with Crippen molar-refractivity contribution >= 4 is 11.3 Å². The average Bonchev–Trinajstić information content (AvgIpc) is 2.68. The van der Waals surface area contributed by atoms with Crippen molar-refractivity contribution in [2.75, 3.05) is 0 Å². The maximum absolute atomic E-state index is 9.43. The van der Waals surface area contributed by atoms with Gasteiger partial charge < -0.3 is 0 Å². The van der Waals surface area contributed by atoms with Crippen molar-refractivity contribution in [3.05, 3.63) is 16.1 Å². The molecule has 0 atom stereocenters. The maximum Gasteiger partial charge on any atom is 0.0896 e. The molecular formula is C13H18N2S. The van der Waals surface area contributed by atoms with E-state index in [1.165, 1.54) is 17.7 Å². The minimum absolute atomic E-state index is 0.106. The Morgan fingerprint density at radius 1 is 1.56 bits per heavy atom. The van der Waals surface area contributed by atoms with Crippen molar-refractivity contribution < 1.29 is 0 Å². The molecule has 0 N–H and O–H groups in total. The molecule has 0 radical (unpaired) electrons. The van der Waals surface area contributed by atoms with Crippen molar-refractivity contribution in [3.63, 3.8) is 0 Å². The van der Waals surface area contributed by atoms with Gasteiger partial charge in [-0.05, 0) is 38.5 Å². The summed E-state index contributed by atoms with van der Waals surface area (Å²) in [6.45, 7) is 4.31. The third-order valence-corrected chi connectivity index (χ3v) is 4.56. The number of hydrogen-bond acceptors (Lipinski definition) is 3. The van der Waals surface area contributed by atoms with Crippen LogP contribution in [0.15, 0.2) is 6.20 Å². The summed E-state index contributed by atoms with van der Waals surface area (Å²) in [4.78, 5) is 5.54. The van der Waals surface area contributed by atoms with Crippen LogP contribution in [-0.2, 0) is 6.42 Å². The SMILES string of the molecule is Cc1ncc(CC2(C#N)CCC(C)CC2)s1. The molecule has 2 rings (SSSR count). The van der Waals surface area contributed by atoms with Gasteiger partial charge in [-0.3, -0.25) is 0 Å². The minimum Gasteiger partial charge on any atom is -0.250 e. The van der Waals surface area contributed by atoms with Gasteiger partial charge in [0.25, 0.3) is 0 Å². The Kier molecular flexibility index (Phi) is 3.30. The Labute approximate surface area is 101 Å². The summed E-state index contributed by atoms with van der Waals surface area (Å²) < 4.78 is 0. The number of hydrogen-bond donors (Lipinski definition) is 0. The number of nitriles is 1. The van der Waals surface area contributed by atoms with Gasteiger partial charge in [0.1, 0.15) is 0 Å². The Bertz CT molecular complexity index is 394. The third-order valence-electron chi connectivity index (χ3n) is 3.65. The van der Waals surface area contributed by atoms with E-state index in [4.69, 9.17) is 0 Å². The fourth-order valence-corrected chi connectivity index (χ4v) is 3.40. The molecular weight excluding hydrogens is 216 g/mol. The van der Waals surface area contributed by atoms with E-state index in [1.54, 1.807) is 11.3 Å². The van der Waals surface area contributed by atoms with Crippen LogP contribution in [0, 0.1) is 29.6 Å². The lowest BCUT2D eigenvalue weighted by molar-refractivity contribution is 0.220. The predicted octanol–water partition coefficient (Wildman–Crippen LogP) is 3.71. The van der Waals surface area contributed by atoms with Crippen LogP contribution in [-0.4, -0.2) is 4.98 Å². The Morgan fingerprint density at radius 3 is 2.75 bits per heavy atom. The van der Waals surface area contributed by atoms with Gasteiger partial charge >= 0.3 is 0 Å². The van der Waals surface area contributed by atoms with Crippen molar-refractivity contribution in [2.45, 2.75) is 46.0 Å². The summed E-state index contributed by atoms with van der Waals surface area (Å²) in [5, 5.41) is 10.5. The molecule has 1 fully saturated rings. The summed E-state index contributed by atoms with van der Waals surface area (Å²) in [6.07, 6.45) is 7.36. The first-order valence-electron chi connectivity index (χ1n) is 5.96.